The first-order chi connectivity index (χ1) is 6.77. The minimum atomic E-state index is -0.0510. The van der Waals surface area contributed by atoms with E-state index in [-0.39, 0.29) is 11.8 Å². The number of hydrogen-bond acceptors (Lipinski definition) is 2. The Morgan fingerprint density at radius 3 is 2.93 bits per heavy atom. The Morgan fingerprint density at radius 2 is 2.43 bits per heavy atom. The molecule has 4 heteroatoms. The monoisotopic (exact) mass is 215 g/mol. The van der Waals surface area contributed by atoms with Crippen LogP contribution in [0.4, 0.5) is 0 Å². The zero-order chi connectivity index (χ0) is 10.4. The van der Waals surface area contributed by atoms with Gasteiger partial charge < -0.3 is 9.32 Å². The number of nitrogens with zero attached hydrogens (tertiary/aromatic N) is 1. The van der Waals surface area contributed by atoms with Crippen molar-refractivity contribution in [2.45, 2.75) is 19.9 Å². The quantitative estimate of drug-likeness (QED) is 0.706. The van der Waals surface area contributed by atoms with E-state index in [1.165, 1.54) is 0 Å². The molecule has 0 radical (unpaired) electrons. The van der Waals surface area contributed by atoms with Crippen LogP contribution in [-0.4, -0.2) is 23.2 Å². The zero-order valence-electron chi connectivity index (χ0n) is 8.20. The fraction of sp³-hybridized carbons (Fsp3) is 0.500. The number of carbonyl (C=O) groups is 1. The van der Waals surface area contributed by atoms with Crippen molar-refractivity contribution in [3.8, 4) is 0 Å². The second kappa shape index (κ2) is 5.70. The summed E-state index contributed by atoms with van der Waals surface area (Å²) in [6.45, 7) is 3.25. The van der Waals surface area contributed by atoms with Crippen LogP contribution in [0.2, 0.25) is 0 Å². The van der Waals surface area contributed by atoms with Crippen molar-refractivity contribution >= 4 is 17.5 Å². The molecule has 0 atom stereocenters. The summed E-state index contributed by atoms with van der Waals surface area (Å²) in [4.78, 5) is 13.1. The number of halogens is 1. The molecule has 0 fully saturated rings. The van der Waals surface area contributed by atoms with Crippen LogP contribution in [0.5, 0.6) is 0 Å². The van der Waals surface area contributed by atoms with Crippen LogP contribution in [-0.2, 0) is 11.3 Å². The van der Waals surface area contributed by atoms with Gasteiger partial charge in [-0.05, 0) is 18.6 Å². The number of alkyl halides is 1. The third-order valence-electron chi connectivity index (χ3n) is 1.89. The van der Waals surface area contributed by atoms with E-state index < -0.39 is 0 Å². The van der Waals surface area contributed by atoms with Crippen LogP contribution in [0.25, 0.3) is 0 Å². The lowest BCUT2D eigenvalue weighted by Gasteiger charge is -2.19. The minimum Gasteiger partial charge on any atom is -0.467 e. The topological polar surface area (TPSA) is 33.5 Å². The van der Waals surface area contributed by atoms with Crippen LogP contribution in [0, 0.1) is 0 Å². The predicted octanol–water partition coefficient (Wildman–Crippen LogP) is 2.26. The molecule has 0 saturated heterocycles. The van der Waals surface area contributed by atoms with Crippen molar-refractivity contribution in [1.82, 2.24) is 4.90 Å². The molecule has 0 aromatic carbocycles. The fourth-order valence-corrected chi connectivity index (χ4v) is 1.41. The summed E-state index contributed by atoms with van der Waals surface area (Å²) >= 11 is 5.50. The Labute approximate surface area is 88.6 Å². The highest BCUT2D eigenvalue weighted by Gasteiger charge is 2.12. The molecule has 0 bridgehead atoms. The maximum absolute atomic E-state index is 11.4. The summed E-state index contributed by atoms with van der Waals surface area (Å²) in [6.07, 6.45) is 2.52. The third-order valence-corrected chi connectivity index (χ3v) is 2.12. The number of rotatable bonds is 5. The average Bonchev–Trinajstić information content (AvgIpc) is 2.68. The van der Waals surface area contributed by atoms with Crippen molar-refractivity contribution in [2.24, 2.45) is 0 Å². The average molecular weight is 216 g/mol. The molecule has 1 aromatic heterocycles. The molecule has 0 saturated carbocycles. The van der Waals surface area contributed by atoms with Crippen LogP contribution < -0.4 is 0 Å². The van der Waals surface area contributed by atoms with Gasteiger partial charge in [-0.25, -0.2) is 0 Å². The third kappa shape index (κ3) is 3.07. The highest BCUT2D eigenvalue weighted by Crippen LogP contribution is 2.06. The predicted molar refractivity (Wildman–Crippen MR) is 55.1 cm³/mol. The Kier molecular flexibility index (Phi) is 4.53. The van der Waals surface area contributed by atoms with Crippen molar-refractivity contribution < 1.29 is 9.21 Å². The number of hydrogen-bond donors (Lipinski definition) is 0. The summed E-state index contributed by atoms with van der Waals surface area (Å²) in [5.41, 5.74) is 0. The minimum absolute atomic E-state index is 0.0285. The van der Waals surface area contributed by atoms with Gasteiger partial charge in [-0.15, -0.1) is 11.6 Å². The van der Waals surface area contributed by atoms with Crippen molar-refractivity contribution in [3.63, 3.8) is 0 Å². The SMILES string of the molecule is CCCN(Cc1ccco1)C(=O)CCl. The summed E-state index contributed by atoms with van der Waals surface area (Å²) < 4.78 is 5.17. The molecule has 0 aliphatic carbocycles. The summed E-state index contributed by atoms with van der Waals surface area (Å²) in [7, 11) is 0. The maximum atomic E-state index is 11.4. The van der Waals surface area contributed by atoms with E-state index >= 15 is 0 Å². The molecule has 1 rings (SSSR count). The van der Waals surface area contributed by atoms with E-state index in [0.29, 0.717) is 13.1 Å². The first kappa shape index (κ1) is 11.1. The second-order valence-corrected chi connectivity index (χ2v) is 3.30. The van der Waals surface area contributed by atoms with E-state index in [2.05, 4.69) is 0 Å². The summed E-state index contributed by atoms with van der Waals surface area (Å²) in [6, 6.07) is 3.66. The van der Waals surface area contributed by atoms with E-state index in [1.807, 2.05) is 19.1 Å². The van der Waals surface area contributed by atoms with Gasteiger partial charge >= 0.3 is 0 Å². The fourth-order valence-electron chi connectivity index (χ4n) is 1.24. The van der Waals surface area contributed by atoms with E-state index in [1.54, 1.807) is 11.2 Å². The molecule has 1 amide bonds. The van der Waals surface area contributed by atoms with Crippen LogP contribution in [0.15, 0.2) is 22.8 Å². The van der Waals surface area contributed by atoms with Crippen molar-refractivity contribution in [1.29, 1.82) is 0 Å². The lowest BCUT2D eigenvalue weighted by molar-refractivity contribution is -0.129. The summed E-state index contributed by atoms with van der Waals surface area (Å²) in [5.74, 6) is 0.766. The highest BCUT2D eigenvalue weighted by molar-refractivity contribution is 6.27. The zero-order valence-corrected chi connectivity index (χ0v) is 8.96. The molecule has 1 heterocycles. The Hall–Kier alpha value is -0.960. The van der Waals surface area contributed by atoms with Crippen LogP contribution in [0.3, 0.4) is 0 Å². The Morgan fingerprint density at radius 1 is 1.64 bits per heavy atom. The lowest BCUT2D eigenvalue weighted by Crippen LogP contribution is -2.31. The van der Waals surface area contributed by atoms with Gasteiger partial charge in [-0.3, -0.25) is 4.79 Å². The van der Waals surface area contributed by atoms with E-state index in [0.717, 1.165) is 12.2 Å². The molecule has 0 aliphatic rings. The molecular weight excluding hydrogens is 202 g/mol. The number of furan rings is 1. The Bertz CT molecular complexity index is 272. The van der Waals surface area contributed by atoms with Gasteiger partial charge in [0.2, 0.25) is 5.91 Å². The van der Waals surface area contributed by atoms with Crippen molar-refractivity contribution in [3.05, 3.63) is 24.2 Å². The molecule has 0 N–H and O–H groups in total. The van der Waals surface area contributed by atoms with E-state index in [9.17, 15) is 4.79 Å². The van der Waals surface area contributed by atoms with Gasteiger partial charge in [0.15, 0.2) is 0 Å². The first-order valence-electron chi connectivity index (χ1n) is 4.64. The normalized spacial score (nSPS) is 10.1. The molecule has 0 aliphatic heterocycles. The molecule has 0 spiro atoms. The second-order valence-electron chi connectivity index (χ2n) is 3.03. The van der Waals surface area contributed by atoms with Gasteiger partial charge in [-0.2, -0.15) is 0 Å². The standard InChI is InChI=1S/C10H14ClNO2/c1-2-5-12(10(13)7-11)8-9-4-3-6-14-9/h3-4,6H,2,5,7-8H2,1H3. The van der Waals surface area contributed by atoms with Gasteiger partial charge in [0.1, 0.15) is 11.6 Å². The maximum Gasteiger partial charge on any atom is 0.237 e. The van der Waals surface area contributed by atoms with Gasteiger partial charge in [0, 0.05) is 6.54 Å². The number of carbonyl (C=O) groups excluding carboxylic acids is 1. The molecule has 3 nitrogen and oxygen atoms in total. The molecule has 78 valence electrons. The van der Waals surface area contributed by atoms with E-state index in [4.69, 9.17) is 16.0 Å². The lowest BCUT2D eigenvalue weighted by atomic mass is 10.3. The smallest absolute Gasteiger partial charge is 0.237 e. The highest BCUT2D eigenvalue weighted by atomic mass is 35.5. The molecular formula is C10H14ClNO2. The van der Waals surface area contributed by atoms with Gasteiger partial charge in [0.05, 0.1) is 12.8 Å². The molecule has 0 unspecified atom stereocenters. The largest absolute Gasteiger partial charge is 0.467 e. The molecule has 1 aromatic rings. The van der Waals surface area contributed by atoms with Crippen LogP contribution >= 0.6 is 11.6 Å². The Balaban J connectivity index is 2.55. The number of amides is 1. The summed E-state index contributed by atoms with van der Waals surface area (Å²) in [5, 5.41) is 0. The van der Waals surface area contributed by atoms with Gasteiger partial charge in [0.25, 0.3) is 0 Å². The van der Waals surface area contributed by atoms with Gasteiger partial charge in [-0.1, -0.05) is 6.92 Å². The van der Waals surface area contributed by atoms with Crippen LogP contribution in [0.1, 0.15) is 19.1 Å². The van der Waals surface area contributed by atoms with Crippen molar-refractivity contribution in [2.75, 3.05) is 12.4 Å². The first-order valence-corrected chi connectivity index (χ1v) is 5.17. The molecule has 14 heavy (non-hydrogen) atoms.